The highest BCUT2D eigenvalue weighted by molar-refractivity contribution is 6.13. The first-order chi connectivity index (χ1) is 15.3. The van der Waals surface area contributed by atoms with Gasteiger partial charge >= 0.3 is 6.18 Å². The van der Waals surface area contributed by atoms with Gasteiger partial charge in [0.15, 0.2) is 0 Å². The molecule has 1 amide bonds. The summed E-state index contributed by atoms with van der Waals surface area (Å²) in [5.74, 6) is -0.400. The second-order valence-corrected chi connectivity index (χ2v) is 6.97. The Balaban J connectivity index is 1.57. The molecule has 0 bridgehead atoms. The number of benzene rings is 1. The average Bonchev–Trinajstić information content (AvgIpc) is 3.41. The van der Waals surface area contributed by atoms with Crippen LogP contribution in [0, 0.1) is 0 Å². The molecule has 8 nitrogen and oxygen atoms in total. The van der Waals surface area contributed by atoms with Crippen molar-refractivity contribution in [1.82, 2.24) is 24.5 Å². The number of alkyl halides is 3. The number of hydrogen-bond donors (Lipinski definition) is 1. The first-order valence-electron chi connectivity index (χ1n) is 9.73. The Labute approximate surface area is 180 Å². The summed E-state index contributed by atoms with van der Waals surface area (Å²) in [5.41, 5.74) is 2.75. The Morgan fingerprint density at radius 3 is 2.66 bits per heavy atom. The molecule has 0 spiro atoms. The van der Waals surface area contributed by atoms with E-state index in [1.165, 1.54) is 12.4 Å². The Morgan fingerprint density at radius 1 is 1.12 bits per heavy atom. The SMILES string of the molecule is CCn1cc(-c2cc(C(=O)Nc3cnn(COCC(F)(F)F)c3)c3ccccc3n2)cn1. The fraction of sp³-hybridized carbons (Fsp3) is 0.238. The summed E-state index contributed by atoms with van der Waals surface area (Å²) in [7, 11) is 0. The topological polar surface area (TPSA) is 86.9 Å². The van der Waals surface area contributed by atoms with Crippen LogP contribution < -0.4 is 5.32 Å². The number of nitrogens with zero attached hydrogens (tertiary/aromatic N) is 5. The molecular weight excluding hydrogens is 425 g/mol. The highest BCUT2D eigenvalue weighted by Gasteiger charge is 2.27. The van der Waals surface area contributed by atoms with E-state index in [1.54, 1.807) is 23.0 Å². The predicted octanol–water partition coefficient (Wildman–Crippen LogP) is 4.10. The molecule has 0 atom stereocenters. The molecule has 0 unspecified atom stereocenters. The number of nitrogens with one attached hydrogen (secondary N) is 1. The molecule has 0 aliphatic heterocycles. The molecule has 0 aliphatic rings. The van der Waals surface area contributed by atoms with Gasteiger partial charge < -0.3 is 10.1 Å². The number of fused-ring (bicyclic) bond motifs is 1. The predicted molar refractivity (Wildman–Crippen MR) is 111 cm³/mol. The smallest absolute Gasteiger partial charge is 0.350 e. The first kappa shape index (κ1) is 21.5. The van der Waals surface area contributed by atoms with Crippen LogP contribution in [0.25, 0.3) is 22.2 Å². The monoisotopic (exact) mass is 444 g/mol. The largest absolute Gasteiger partial charge is 0.411 e. The van der Waals surface area contributed by atoms with Gasteiger partial charge in [0.2, 0.25) is 0 Å². The van der Waals surface area contributed by atoms with E-state index in [1.807, 2.05) is 31.3 Å². The zero-order chi connectivity index (χ0) is 22.7. The highest BCUT2D eigenvalue weighted by Crippen LogP contribution is 2.25. The molecule has 166 valence electrons. The van der Waals surface area contributed by atoms with Crippen LogP contribution in [0.1, 0.15) is 17.3 Å². The standard InChI is InChI=1S/C21H19F3N6O2/c1-2-29-10-14(8-25-29)19-7-17(16-5-3-4-6-18(16)28-19)20(31)27-15-9-26-30(11-15)13-32-12-21(22,23)24/h3-11H,2,12-13H2,1H3,(H,27,31). The van der Waals surface area contributed by atoms with E-state index in [9.17, 15) is 18.0 Å². The number of hydrogen-bond acceptors (Lipinski definition) is 5. The molecule has 32 heavy (non-hydrogen) atoms. The van der Waals surface area contributed by atoms with Crippen LogP contribution in [0.5, 0.6) is 0 Å². The van der Waals surface area contributed by atoms with Crippen molar-refractivity contribution >= 4 is 22.5 Å². The van der Waals surface area contributed by atoms with Crippen LogP contribution in [-0.2, 0) is 18.0 Å². The third kappa shape index (κ3) is 4.94. The molecule has 1 aromatic carbocycles. The summed E-state index contributed by atoms with van der Waals surface area (Å²) in [5, 5.41) is 11.6. The summed E-state index contributed by atoms with van der Waals surface area (Å²) in [6, 6.07) is 8.94. The molecule has 3 aromatic heterocycles. The number of aromatic nitrogens is 5. The van der Waals surface area contributed by atoms with Crippen molar-refractivity contribution in [2.75, 3.05) is 11.9 Å². The minimum Gasteiger partial charge on any atom is -0.350 e. The quantitative estimate of drug-likeness (QED) is 0.464. The first-order valence-corrected chi connectivity index (χ1v) is 9.73. The van der Waals surface area contributed by atoms with Crippen molar-refractivity contribution in [3.05, 3.63) is 60.7 Å². The molecule has 1 N–H and O–H groups in total. The van der Waals surface area contributed by atoms with E-state index >= 15 is 0 Å². The van der Waals surface area contributed by atoms with Crippen LogP contribution in [0.4, 0.5) is 18.9 Å². The van der Waals surface area contributed by atoms with Crippen molar-refractivity contribution in [3.63, 3.8) is 0 Å². The normalized spacial score (nSPS) is 11.8. The van der Waals surface area contributed by atoms with Crippen LogP contribution in [-0.4, -0.2) is 43.2 Å². The summed E-state index contributed by atoms with van der Waals surface area (Å²) < 4.78 is 44.1. The number of pyridine rings is 1. The minimum absolute atomic E-state index is 0.326. The number of aryl methyl sites for hydroxylation is 1. The van der Waals surface area contributed by atoms with Gasteiger partial charge in [0.05, 0.1) is 41.1 Å². The molecular formula is C21H19F3N6O2. The molecule has 11 heteroatoms. The van der Waals surface area contributed by atoms with Gasteiger partial charge in [-0.2, -0.15) is 23.4 Å². The van der Waals surface area contributed by atoms with Gasteiger partial charge in [-0.05, 0) is 19.1 Å². The number of halogens is 3. The maximum absolute atomic E-state index is 13.1. The molecule has 0 fully saturated rings. The maximum Gasteiger partial charge on any atom is 0.411 e. The highest BCUT2D eigenvalue weighted by atomic mass is 19.4. The lowest BCUT2D eigenvalue weighted by atomic mass is 10.0. The van der Waals surface area contributed by atoms with Gasteiger partial charge in [0, 0.05) is 23.7 Å². The van der Waals surface area contributed by atoms with E-state index < -0.39 is 18.7 Å². The Bertz CT molecular complexity index is 1250. The lowest BCUT2D eigenvalue weighted by Crippen LogP contribution is -2.18. The van der Waals surface area contributed by atoms with Gasteiger partial charge in [-0.15, -0.1) is 0 Å². The zero-order valence-corrected chi connectivity index (χ0v) is 17.0. The number of anilines is 1. The Kier molecular flexibility index (Phi) is 5.91. The van der Waals surface area contributed by atoms with Gasteiger partial charge in [-0.1, -0.05) is 18.2 Å². The van der Waals surface area contributed by atoms with Gasteiger partial charge in [0.1, 0.15) is 13.3 Å². The molecule has 0 saturated carbocycles. The number of carbonyl (C=O) groups excluding carboxylic acids is 1. The van der Waals surface area contributed by atoms with E-state index in [-0.39, 0.29) is 6.73 Å². The van der Waals surface area contributed by atoms with Crippen molar-refractivity contribution in [2.45, 2.75) is 26.4 Å². The van der Waals surface area contributed by atoms with E-state index in [4.69, 9.17) is 0 Å². The average molecular weight is 444 g/mol. The molecule has 4 rings (SSSR count). The van der Waals surface area contributed by atoms with Crippen molar-refractivity contribution in [2.24, 2.45) is 0 Å². The molecule has 4 aromatic rings. The lowest BCUT2D eigenvalue weighted by molar-refractivity contribution is -0.182. The van der Waals surface area contributed by atoms with Crippen LogP contribution >= 0.6 is 0 Å². The van der Waals surface area contributed by atoms with Crippen molar-refractivity contribution in [1.29, 1.82) is 0 Å². The van der Waals surface area contributed by atoms with Crippen LogP contribution in [0.15, 0.2) is 55.1 Å². The molecule has 0 saturated heterocycles. The lowest BCUT2D eigenvalue weighted by Gasteiger charge is -2.09. The Hall–Kier alpha value is -3.73. The Morgan fingerprint density at radius 2 is 1.91 bits per heavy atom. The molecule has 3 heterocycles. The fourth-order valence-electron chi connectivity index (χ4n) is 3.13. The second-order valence-electron chi connectivity index (χ2n) is 6.97. The minimum atomic E-state index is -4.42. The van der Waals surface area contributed by atoms with E-state index in [0.29, 0.717) is 34.4 Å². The van der Waals surface area contributed by atoms with Gasteiger partial charge in [0.25, 0.3) is 5.91 Å². The third-order valence-electron chi connectivity index (χ3n) is 4.59. The van der Waals surface area contributed by atoms with Gasteiger partial charge in [-0.25, -0.2) is 9.67 Å². The van der Waals surface area contributed by atoms with Gasteiger partial charge in [-0.3, -0.25) is 9.48 Å². The summed E-state index contributed by atoms with van der Waals surface area (Å²) in [4.78, 5) is 17.7. The number of carbonyl (C=O) groups is 1. The van der Waals surface area contributed by atoms with Crippen LogP contribution in [0.3, 0.4) is 0 Å². The van der Waals surface area contributed by atoms with Crippen LogP contribution in [0.2, 0.25) is 0 Å². The van der Waals surface area contributed by atoms with E-state index in [0.717, 1.165) is 10.2 Å². The number of para-hydroxylation sites is 1. The third-order valence-corrected chi connectivity index (χ3v) is 4.59. The fourth-order valence-corrected chi connectivity index (χ4v) is 3.13. The molecule has 0 aliphatic carbocycles. The van der Waals surface area contributed by atoms with E-state index in [2.05, 4.69) is 25.2 Å². The molecule has 0 radical (unpaired) electrons. The number of ether oxygens (including phenoxy) is 1. The number of amides is 1. The maximum atomic E-state index is 13.1. The summed E-state index contributed by atoms with van der Waals surface area (Å²) in [6.07, 6.45) is 1.85. The van der Waals surface area contributed by atoms with Crippen molar-refractivity contribution < 1.29 is 22.7 Å². The summed E-state index contributed by atoms with van der Waals surface area (Å²) >= 11 is 0. The second kappa shape index (κ2) is 8.79. The van der Waals surface area contributed by atoms with Crippen molar-refractivity contribution in [3.8, 4) is 11.3 Å². The summed E-state index contributed by atoms with van der Waals surface area (Å²) in [6.45, 7) is 0.906. The zero-order valence-electron chi connectivity index (χ0n) is 17.0. The number of rotatable bonds is 7.